The van der Waals surface area contributed by atoms with E-state index in [2.05, 4.69) is 25.3 Å². The molecule has 22 heavy (non-hydrogen) atoms. The number of hydrogen-bond donors (Lipinski definition) is 1. The number of fused-ring (bicyclic) bond motifs is 1. The van der Waals surface area contributed by atoms with E-state index in [4.69, 9.17) is 16.3 Å². The van der Waals surface area contributed by atoms with E-state index in [0.29, 0.717) is 34.3 Å². The van der Waals surface area contributed by atoms with Crippen molar-refractivity contribution in [2.75, 3.05) is 19.0 Å². The zero-order valence-corrected chi connectivity index (χ0v) is 12.7. The van der Waals surface area contributed by atoms with Gasteiger partial charge in [-0.2, -0.15) is 0 Å². The highest BCUT2D eigenvalue weighted by atomic mass is 35.5. The Morgan fingerprint density at radius 3 is 2.82 bits per heavy atom. The van der Waals surface area contributed by atoms with E-state index >= 15 is 0 Å². The van der Waals surface area contributed by atoms with Crippen molar-refractivity contribution in [3.63, 3.8) is 0 Å². The summed E-state index contributed by atoms with van der Waals surface area (Å²) in [5.41, 5.74) is 2.35. The summed E-state index contributed by atoms with van der Waals surface area (Å²) in [7, 11) is 1.60. The van der Waals surface area contributed by atoms with Crippen LogP contribution < -0.4 is 10.1 Å². The Labute approximate surface area is 132 Å². The summed E-state index contributed by atoms with van der Waals surface area (Å²) in [5.74, 6) is 1.35. The Hall–Kier alpha value is -2.47. The Morgan fingerprint density at radius 2 is 2.00 bits per heavy atom. The first-order chi connectivity index (χ1) is 10.8. The number of rotatable bonds is 5. The Morgan fingerprint density at radius 1 is 1.14 bits per heavy atom. The van der Waals surface area contributed by atoms with Crippen molar-refractivity contribution in [1.29, 1.82) is 0 Å². The highest BCUT2D eigenvalue weighted by Crippen LogP contribution is 2.25. The van der Waals surface area contributed by atoms with Crippen molar-refractivity contribution < 1.29 is 4.74 Å². The molecule has 2 aromatic heterocycles. The highest BCUT2D eigenvalue weighted by Gasteiger charge is 2.05. The van der Waals surface area contributed by atoms with E-state index in [1.54, 1.807) is 19.5 Å². The molecule has 6 nitrogen and oxygen atoms in total. The van der Waals surface area contributed by atoms with Crippen LogP contribution in [0.3, 0.4) is 0 Å². The molecule has 0 saturated heterocycles. The predicted octanol–water partition coefficient (Wildman–Crippen LogP) is 2.74. The molecule has 0 saturated carbocycles. The highest BCUT2D eigenvalue weighted by molar-refractivity contribution is 6.32. The number of anilines is 1. The molecule has 1 aromatic carbocycles. The standard InChI is InChI=1S/C15H14ClN5O/c1-22-12-3-2-10(8-11(12)16)4-5-18-14-13-15(21-9-20-14)19-7-6-17-13/h2-3,6-9H,4-5H2,1H3,(H,18,19,20,21). The minimum atomic E-state index is 0.576. The molecule has 0 unspecified atom stereocenters. The van der Waals surface area contributed by atoms with Gasteiger partial charge in [0.05, 0.1) is 12.1 Å². The van der Waals surface area contributed by atoms with Gasteiger partial charge in [-0.3, -0.25) is 0 Å². The lowest BCUT2D eigenvalue weighted by Gasteiger charge is -2.08. The van der Waals surface area contributed by atoms with Crippen LogP contribution in [0.25, 0.3) is 11.2 Å². The van der Waals surface area contributed by atoms with Crippen LogP contribution in [0.1, 0.15) is 5.56 Å². The van der Waals surface area contributed by atoms with Crippen LogP contribution in [0.15, 0.2) is 36.9 Å². The van der Waals surface area contributed by atoms with Crippen molar-refractivity contribution in [1.82, 2.24) is 19.9 Å². The third kappa shape index (κ3) is 3.07. The predicted molar refractivity (Wildman–Crippen MR) is 85.3 cm³/mol. The number of nitrogens with zero attached hydrogens (tertiary/aromatic N) is 4. The summed E-state index contributed by atoms with van der Waals surface area (Å²) in [4.78, 5) is 16.7. The molecule has 7 heteroatoms. The maximum Gasteiger partial charge on any atom is 0.183 e. The van der Waals surface area contributed by atoms with Crippen molar-refractivity contribution in [2.45, 2.75) is 6.42 Å². The molecule has 3 aromatic rings. The van der Waals surface area contributed by atoms with E-state index in [0.717, 1.165) is 12.0 Å². The van der Waals surface area contributed by atoms with Crippen LogP contribution in [0.4, 0.5) is 5.82 Å². The van der Waals surface area contributed by atoms with E-state index in [-0.39, 0.29) is 0 Å². The van der Waals surface area contributed by atoms with Crippen LogP contribution in [-0.2, 0) is 6.42 Å². The summed E-state index contributed by atoms with van der Waals surface area (Å²) in [6.07, 6.45) is 5.51. The normalized spacial score (nSPS) is 10.6. The maximum atomic E-state index is 6.12. The van der Waals surface area contributed by atoms with E-state index in [1.807, 2.05) is 18.2 Å². The lowest BCUT2D eigenvalue weighted by Crippen LogP contribution is -2.08. The average Bonchev–Trinajstić information content (AvgIpc) is 2.55. The smallest absolute Gasteiger partial charge is 0.183 e. The van der Waals surface area contributed by atoms with Crippen LogP contribution in [-0.4, -0.2) is 33.6 Å². The Bertz CT molecular complexity index is 790. The fourth-order valence-electron chi connectivity index (χ4n) is 2.11. The third-order valence-electron chi connectivity index (χ3n) is 3.19. The van der Waals surface area contributed by atoms with Gasteiger partial charge in [-0.1, -0.05) is 17.7 Å². The zero-order chi connectivity index (χ0) is 15.4. The van der Waals surface area contributed by atoms with Gasteiger partial charge in [-0.15, -0.1) is 0 Å². The molecule has 2 heterocycles. The van der Waals surface area contributed by atoms with Crippen LogP contribution in [0.2, 0.25) is 5.02 Å². The van der Waals surface area contributed by atoms with Crippen molar-refractivity contribution in [3.8, 4) is 5.75 Å². The first kappa shape index (κ1) is 14.5. The largest absolute Gasteiger partial charge is 0.495 e. The molecular weight excluding hydrogens is 302 g/mol. The molecule has 0 aliphatic rings. The lowest BCUT2D eigenvalue weighted by atomic mass is 10.1. The molecule has 112 valence electrons. The van der Waals surface area contributed by atoms with Crippen molar-refractivity contribution >= 4 is 28.6 Å². The molecule has 0 aliphatic heterocycles. The van der Waals surface area contributed by atoms with E-state index in [1.165, 1.54) is 6.33 Å². The maximum absolute atomic E-state index is 6.12. The summed E-state index contributed by atoms with van der Waals surface area (Å²) < 4.78 is 5.14. The number of benzene rings is 1. The summed E-state index contributed by atoms with van der Waals surface area (Å²) >= 11 is 6.12. The Balaban J connectivity index is 1.69. The van der Waals surface area contributed by atoms with Gasteiger partial charge >= 0.3 is 0 Å². The van der Waals surface area contributed by atoms with E-state index in [9.17, 15) is 0 Å². The molecule has 3 rings (SSSR count). The van der Waals surface area contributed by atoms with Crippen LogP contribution >= 0.6 is 11.6 Å². The van der Waals surface area contributed by atoms with Gasteiger partial charge in [0.15, 0.2) is 11.5 Å². The summed E-state index contributed by atoms with van der Waals surface area (Å²) in [6.45, 7) is 0.700. The fourth-order valence-corrected chi connectivity index (χ4v) is 2.39. The number of methoxy groups -OCH3 is 1. The van der Waals surface area contributed by atoms with Crippen molar-refractivity contribution in [3.05, 3.63) is 47.5 Å². The number of halogens is 1. The molecule has 0 spiro atoms. The summed E-state index contributed by atoms with van der Waals surface area (Å²) in [6, 6.07) is 5.76. The monoisotopic (exact) mass is 315 g/mol. The molecule has 0 radical (unpaired) electrons. The van der Waals surface area contributed by atoms with Gasteiger partial charge in [-0.05, 0) is 24.1 Å². The second-order valence-electron chi connectivity index (χ2n) is 4.60. The van der Waals surface area contributed by atoms with Gasteiger partial charge in [0, 0.05) is 18.9 Å². The first-order valence-corrected chi connectivity index (χ1v) is 7.14. The van der Waals surface area contributed by atoms with Gasteiger partial charge < -0.3 is 10.1 Å². The molecule has 1 N–H and O–H groups in total. The Kier molecular flexibility index (Phi) is 4.29. The molecule has 0 aliphatic carbocycles. The third-order valence-corrected chi connectivity index (χ3v) is 3.49. The van der Waals surface area contributed by atoms with Gasteiger partial charge in [0.25, 0.3) is 0 Å². The van der Waals surface area contributed by atoms with Crippen molar-refractivity contribution in [2.24, 2.45) is 0 Å². The molecule has 0 amide bonds. The minimum Gasteiger partial charge on any atom is -0.495 e. The average molecular weight is 316 g/mol. The fraction of sp³-hybridized carbons (Fsp3) is 0.200. The van der Waals surface area contributed by atoms with E-state index < -0.39 is 0 Å². The van der Waals surface area contributed by atoms with Gasteiger partial charge in [-0.25, -0.2) is 19.9 Å². The number of aromatic nitrogens is 4. The molecule has 0 bridgehead atoms. The SMILES string of the molecule is COc1ccc(CCNc2ncnc3nccnc23)cc1Cl. The number of ether oxygens (including phenoxy) is 1. The first-order valence-electron chi connectivity index (χ1n) is 6.76. The number of nitrogens with one attached hydrogen (secondary N) is 1. The summed E-state index contributed by atoms with van der Waals surface area (Å²) in [5, 5.41) is 3.87. The molecular formula is C15H14ClN5O. The van der Waals surface area contributed by atoms with Crippen LogP contribution in [0, 0.1) is 0 Å². The topological polar surface area (TPSA) is 72.8 Å². The molecule has 0 fully saturated rings. The van der Waals surface area contributed by atoms with Crippen LogP contribution in [0.5, 0.6) is 5.75 Å². The second kappa shape index (κ2) is 6.53. The van der Waals surface area contributed by atoms with Gasteiger partial charge in [0.2, 0.25) is 0 Å². The zero-order valence-electron chi connectivity index (χ0n) is 12.0. The quantitative estimate of drug-likeness (QED) is 0.780. The number of hydrogen-bond acceptors (Lipinski definition) is 6. The minimum absolute atomic E-state index is 0.576. The lowest BCUT2D eigenvalue weighted by molar-refractivity contribution is 0.415. The second-order valence-corrected chi connectivity index (χ2v) is 5.00. The molecule has 0 atom stereocenters. The van der Waals surface area contributed by atoms with Gasteiger partial charge in [0.1, 0.15) is 17.6 Å².